The number of rotatable bonds is 4. The van der Waals surface area contributed by atoms with Gasteiger partial charge in [0.15, 0.2) is 5.82 Å². The number of halogens is 2. The van der Waals surface area contributed by atoms with E-state index in [2.05, 4.69) is 25.4 Å². The highest BCUT2D eigenvalue weighted by Gasteiger charge is 2.15. The second kappa shape index (κ2) is 6.71. The third-order valence-electron chi connectivity index (χ3n) is 3.98. The van der Waals surface area contributed by atoms with Crippen molar-refractivity contribution in [2.24, 2.45) is 0 Å². The van der Waals surface area contributed by atoms with Gasteiger partial charge in [0, 0.05) is 35.8 Å². The van der Waals surface area contributed by atoms with Crippen LogP contribution in [0.5, 0.6) is 0 Å². The molecule has 0 saturated heterocycles. The van der Waals surface area contributed by atoms with E-state index in [1.165, 1.54) is 16.6 Å². The molecule has 1 aromatic carbocycles. The molecule has 0 aliphatic carbocycles. The van der Waals surface area contributed by atoms with Crippen molar-refractivity contribution in [1.82, 2.24) is 24.6 Å². The van der Waals surface area contributed by atoms with E-state index in [1.807, 2.05) is 19.9 Å². The van der Waals surface area contributed by atoms with Gasteiger partial charge in [-0.3, -0.25) is 4.98 Å². The van der Waals surface area contributed by atoms with Gasteiger partial charge < -0.3 is 5.32 Å². The molecule has 3 aromatic heterocycles. The van der Waals surface area contributed by atoms with Gasteiger partial charge in [0.05, 0.1) is 5.69 Å². The number of aromatic nitrogens is 5. The number of anilines is 2. The fourth-order valence-corrected chi connectivity index (χ4v) is 2.66. The highest BCUT2D eigenvalue weighted by molar-refractivity contribution is 5.62. The lowest BCUT2D eigenvalue weighted by Gasteiger charge is -2.11. The van der Waals surface area contributed by atoms with Crippen molar-refractivity contribution in [3.8, 4) is 11.4 Å². The van der Waals surface area contributed by atoms with Crippen LogP contribution in [0.1, 0.15) is 25.5 Å². The fourth-order valence-electron chi connectivity index (χ4n) is 2.66. The van der Waals surface area contributed by atoms with Crippen molar-refractivity contribution >= 4 is 17.3 Å². The lowest BCUT2D eigenvalue weighted by Crippen LogP contribution is -2.05. The first-order valence-electron chi connectivity index (χ1n) is 8.41. The van der Waals surface area contributed by atoms with E-state index in [-0.39, 0.29) is 11.6 Å². The number of hydrogen-bond donors (Lipinski definition) is 1. The Morgan fingerprint density at radius 1 is 1.04 bits per heavy atom. The second-order valence-electron chi connectivity index (χ2n) is 6.39. The second-order valence-corrected chi connectivity index (χ2v) is 6.39. The molecule has 0 atom stereocenters. The first-order chi connectivity index (χ1) is 13.0. The van der Waals surface area contributed by atoms with Gasteiger partial charge in [0.1, 0.15) is 17.5 Å². The zero-order chi connectivity index (χ0) is 19.0. The summed E-state index contributed by atoms with van der Waals surface area (Å²) in [6, 6.07) is 8.68. The van der Waals surface area contributed by atoms with Crippen LogP contribution in [-0.4, -0.2) is 24.6 Å². The molecule has 0 amide bonds. The lowest BCUT2D eigenvalue weighted by atomic mass is 10.1. The molecule has 6 nitrogen and oxygen atoms in total. The Hall–Kier alpha value is -3.42. The van der Waals surface area contributed by atoms with Crippen LogP contribution in [0.4, 0.5) is 20.3 Å². The van der Waals surface area contributed by atoms with E-state index in [0.717, 1.165) is 17.3 Å². The monoisotopic (exact) mass is 366 g/mol. The summed E-state index contributed by atoms with van der Waals surface area (Å²) in [4.78, 5) is 13.1. The average molecular weight is 366 g/mol. The Bertz CT molecular complexity index is 1090. The zero-order valence-corrected chi connectivity index (χ0v) is 14.7. The third kappa shape index (κ3) is 3.46. The molecule has 0 bridgehead atoms. The predicted molar refractivity (Wildman–Crippen MR) is 97.7 cm³/mol. The van der Waals surface area contributed by atoms with E-state index < -0.39 is 11.6 Å². The Balaban J connectivity index is 1.85. The molecule has 3 heterocycles. The number of hydrogen-bond acceptors (Lipinski definition) is 5. The molecule has 4 rings (SSSR count). The summed E-state index contributed by atoms with van der Waals surface area (Å²) in [5.74, 6) is 0.169. The topological polar surface area (TPSA) is 68.0 Å². The van der Waals surface area contributed by atoms with Crippen molar-refractivity contribution in [3.05, 3.63) is 66.1 Å². The molecule has 136 valence electrons. The molecule has 0 aliphatic heterocycles. The lowest BCUT2D eigenvalue weighted by molar-refractivity contribution is 0.584. The zero-order valence-electron chi connectivity index (χ0n) is 14.7. The maximum atomic E-state index is 13.5. The van der Waals surface area contributed by atoms with Gasteiger partial charge in [0.2, 0.25) is 0 Å². The first kappa shape index (κ1) is 17.0. The van der Waals surface area contributed by atoms with E-state index in [0.29, 0.717) is 17.4 Å². The maximum absolute atomic E-state index is 13.5. The third-order valence-corrected chi connectivity index (χ3v) is 3.98. The van der Waals surface area contributed by atoms with Crippen molar-refractivity contribution in [3.63, 3.8) is 0 Å². The number of pyridine rings is 1. The van der Waals surface area contributed by atoms with Gasteiger partial charge in [-0.1, -0.05) is 13.8 Å². The minimum atomic E-state index is -0.665. The summed E-state index contributed by atoms with van der Waals surface area (Å²) in [5.41, 5.74) is 1.80. The molecule has 1 N–H and O–H groups in total. The van der Waals surface area contributed by atoms with Gasteiger partial charge in [-0.25, -0.2) is 13.8 Å². The Morgan fingerprint density at radius 3 is 2.48 bits per heavy atom. The van der Waals surface area contributed by atoms with Crippen LogP contribution in [0.25, 0.3) is 17.2 Å². The highest BCUT2D eigenvalue weighted by atomic mass is 19.1. The van der Waals surface area contributed by atoms with Crippen molar-refractivity contribution < 1.29 is 8.78 Å². The smallest absolute Gasteiger partial charge is 0.254 e. The highest BCUT2D eigenvalue weighted by Crippen LogP contribution is 2.24. The molecule has 27 heavy (non-hydrogen) atoms. The van der Waals surface area contributed by atoms with Crippen LogP contribution < -0.4 is 5.32 Å². The molecule has 0 radical (unpaired) electrons. The van der Waals surface area contributed by atoms with Crippen molar-refractivity contribution in [2.45, 2.75) is 19.8 Å². The standard InChI is InChI=1S/C19H16F2N6/c1-11(2)16-9-17(23-15-7-13(20)6-14(21)8-15)27-19(24-16)25-18(26-27)12-4-3-5-22-10-12/h3-11,23H,1-2H3. The van der Waals surface area contributed by atoms with Gasteiger partial charge in [-0.05, 0) is 30.2 Å². The van der Waals surface area contributed by atoms with Crippen LogP contribution in [0.2, 0.25) is 0 Å². The molecule has 0 unspecified atom stereocenters. The Kier molecular flexibility index (Phi) is 4.23. The molecule has 4 aromatic rings. The number of nitrogens with zero attached hydrogens (tertiary/aromatic N) is 5. The maximum Gasteiger partial charge on any atom is 0.254 e. The Labute approximate surface area is 153 Å². The molecular formula is C19H16F2N6. The normalized spacial score (nSPS) is 11.3. The number of nitrogens with one attached hydrogen (secondary N) is 1. The SMILES string of the molecule is CC(C)c1cc(Nc2cc(F)cc(F)c2)n2nc(-c3cccnc3)nc2n1. The molecular weight excluding hydrogens is 350 g/mol. The number of fused-ring (bicyclic) bond motifs is 1. The van der Waals surface area contributed by atoms with Gasteiger partial charge in [-0.15, -0.1) is 5.10 Å². The van der Waals surface area contributed by atoms with Gasteiger partial charge in [-0.2, -0.15) is 9.50 Å². The van der Waals surface area contributed by atoms with Crippen molar-refractivity contribution in [1.29, 1.82) is 0 Å². The van der Waals surface area contributed by atoms with Crippen LogP contribution >= 0.6 is 0 Å². The van der Waals surface area contributed by atoms with Crippen molar-refractivity contribution in [2.75, 3.05) is 5.32 Å². The minimum absolute atomic E-state index is 0.137. The van der Waals surface area contributed by atoms with Crippen LogP contribution in [-0.2, 0) is 0 Å². The largest absolute Gasteiger partial charge is 0.340 e. The minimum Gasteiger partial charge on any atom is -0.340 e. The van der Waals surface area contributed by atoms with E-state index in [4.69, 9.17) is 0 Å². The number of benzene rings is 1. The van der Waals surface area contributed by atoms with Crippen LogP contribution in [0, 0.1) is 11.6 Å². The van der Waals surface area contributed by atoms with Gasteiger partial charge in [0.25, 0.3) is 5.78 Å². The summed E-state index contributed by atoms with van der Waals surface area (Å²) >= 11 is 0. The quantitative estimate of drug-likeness (QED) is 0.582. The van der Waals surface area contributed by atoms with E-state index in [9.17, 15) is 8.78 Å². The summed E-state index contributed by atoms with van der Waals surface area (Å²) in [6.45, 7) is 4.01. The molecule has 0 fully saturated rings. The van der Waals surface area contributed by atoms with E-state index >= 15 is 0 Å². The van der Waals surface area contributed by atoms with Crippen LogP contribution in [0.3, 0.4) is 0 Å². The molecule has 0 saturated carbocycles. The molecule has 8 heteroatoms. The summed E-state index contributed by atoms with van der Waals surface area (Å²) in [6.07, 6.45) is 3.33. The summed E-state index contributed by atoms with van der Waals surface area (Å²) in [5, 5.41) is 7.49. The summed E-state index contributed by atoms with van der Waals surface area (Å²) in [7, 11) is 0. The first-order valence-corrected chi connectivity index (χ1v) is 8.41. The van der Waals surface area contributed by atoms with E-state index in [1.54, 1.807) is 24.5 Å². The molecule has 0 aliphatic rings. The summed E-state index contributed by atoms with van der Waals surface area (Å²) < 4.78 is 28.6. The molecule has 0 spiro atoms. The average Bonchev–Trinajstić information content (AvgIpc) is 3.06. The van der Waals surface area contributed by atoms with Crippen LogP contribution in [0.15, 0.2) is 48.8 Å². The predicted octanol–water partition coefficient (Wildman–Crippen LogP) is 4.33. The Morgan fingerprint density at radius 2 is 1.81 bits per heavy atom. The van der Waals surface area contributed by atoms with Gasteiger partial charge >= 0.3 is 0 Å². The fraction of sp³-hybridized carbons (Fsp3) is 0.158.